The van der Waals surface area contributed by atoms with E-state index in [0.717, 1.165) is 34.5 Å². The maximum Gasteiger partial charge on any atom is 0.191 e. The molecule has 3 rings (SSSR count). The Morgan fingerprint density at radius 1 is 1.15 bits per heavy atom. The number of aliphatic imine (C=N–C) groups is 1. The van der Waals surface area contributed by atoms with Gasteiger partial charge in [-0.05, 0) is 35.6 Å². The fraction of sp³-hybridized carbons (Fsp3) is 0.286. The number of hydrogen-bond acceptors (Lipinski definition) is 4. The van der Waals surface area contributed by atoms with E-state index in [4.69, 9.17) is 4.74 Å². The van der Waals surface area contributed by atoms with E-state index in [1.807, 2.05) is 36.4 Å². The van der Waals surface area contributed by atoms with Crippen LogP contribution < -0.4 is 15.4 Å². The summed E-state index contributed by atoms with van der Waals surface area (Å²) in [7, 11) is 3.41. The van der Waals surface area contributed by atoms with E-state index < -0.39 is 6.10 Å². The molecular formula is C21H25N3O2S. The van der Waals surface area contributed by atoms with Crippen molar-refractivity contribution in [2.24, 2.45) is 4.99 Å². The third-order valence-corrected chi connectivity index (χ3v) is 5.56. The lowest BCUT2D eigenvalue weighted by atomic mass is 10.1. The summed E-state index contributed by atoms with van der Waals surface area (Å²) >= 11 is 1.62. The van der Waals surface area contributed by atoms with Crippen molar-refractivity contribution in [3.8, 4) is 5.75 Å². The highest BCUT2D eigenvalue weighted by atomic mass is 32.1. The number of guanidine groups is 1. The topological polar surface area (TPSA) is 65.9 Å². The van der Waals surface area contributed by atoms with Crippen molar-refractivity contribution in [3.05, 3.63) is 65.0 Å². The number of nitrogens with zero attached hydrogens (tertiary/aromatic N) is 1. The Balaban J connectivity index is 1.50. The average Bonchev–Trinajstić information content (AvgIpc) is 3.15. The van der Waals surface area contributed by atoms with Gasteiger partial charge in [0.25, 0.3) is 0 Å². The van der Waals surface area contributed by atoms with E-state index in [1.165, 1.54) is 4.70 Å². The van der Waals surface area contributed by atoms with Gasteiger partial charge < -0.3 is 20.5 Å². The monoisotopic (exact) mass is 383 g/mol. The van der Waals surface area contributed by atoms with Crippen LogP contribution in [0.25, 0.3) is 10.1 Å². The van der Waals surface area contributed by atoms with E-state index in [0.29, 0.717) is 12.5 Å². The molecule has 0 spiro atoms. The first-order valence-corrected chi connectivity index (χ1v) is 9.76. The molecule has 0 bridgehead atoms. The summed E-state index contributed by atoms with van der Waals surface area (Å²) in [5.41, 5.74) is 1.15. The number of ether oxygens (including phenoxy) is 1. The van der Waals surface area contributed by atoms with Gasteiger partial charge in [0, 0.05) is 29.7 Å². The summed E-state index contributed by atoms with van der Waals surface area (Å²) in [6.45, 7) is 1.13. The molecule has 0 saturated carbocycles. The molecule has 1 aromatic heterocycles. The number of aliphatic hydroxyl groups is 1. The summed E-state index contributed by atoms with van der Waals surface area (Å²) in [4.78, 5) is 5.18. The second kappa shape index (κ2) is 9.39. The SMILES string of the molecule is CN=C(NCCc1ccccc1OC)NCC(O)c1cc2ccccc2s1. The minimum atomic E-state index is -0.574. The molecule has 1 atom stereocenters. The second-order valence-electron chi connectivity index (χ2n) is 6.14. The summed E-state index contributed by atoms with van der Waals surface area (Å²) in [5, 5.41) is 18.1. The van der Waals surface area contributed by atoms with Crippen molar-refractivity contribution in [1.82, 2.24) is 10.6 Å². The van der Waals surface area contributed by atoms with Crippen molar-refractivity contribution in [2.45, 2.75) is 12.5 Å². The predicted molar refractivity (Wildman–Crippen MR) is 113 cm³/mol. The Hall–Kier alpha value is -2.57. The molecule has 0 aliphatic carbocycles. The highest BCUT2D eigenvalue weighted by Crippen LogP contribution is 2.29. The zero-order valence-corrected chi connectivity index (χ0v) is 16.4. The molecule has 0 amide bonds. The van der Waals surface area contributed by atoms with Crippen molar-refractivity contribution in [2.75, 3.05) is 27.2 Å². The van der Waals surface area contributed by atoms with Gasteiger partial charge in [-0.3, -0.25) is 4.99 Å². The molecule has 3 N–H and O–H groups in total. The van der Waals surface area contributed by atoms with E-state index in [9.17, 15) is 5.11 Å². The fourth-order valence-electron chi connectivity index (χ4n) is 2.91. The molecule has 6 heteroatoms. The minimum Gasteiger partial charge on any atom is -0.496 e. The molecule has 0 radical (unpaired) electrons. The zero-order chi connectivity index (χ0) is 19.1. The highest BCUT2D eigenvalue weighted by Gasteiger charge is 2.12. The van der Waals surface area contributed by atoms with Gasteiger partial charge in [0.1, 0.15) is 11.9 Å². The highest BCUT2D eigenvalue weighted by molar-refractivity contribution is 7.19. The van der Waals surface area contributed by atoms with Gasteiger partial charge >= 0.3 is 0 Å². The lowest BCUT2D eigenvalue weighted by Gasteiger charge is -2.15. The summed E-state index contributed by atoms with van der Waals surface area (Å²) in [6, 6.07) is 18.2. The Bertz CT molecular complexity index is 874. The van der Waals surface area contributed by atoms with Gasteiger partial charge in [-0.2, -0.15) is 0 Å². The van der Waals surface area contributed by atoms with Crippen LogP contribution in [0.3, 0.4) is 0 Å². The molecule has 1 unspecified atom stereocenters. The fourth-order valence-corrected chi connectivity index (χ4v) is 3.96. The lowest BCUT2D eigenvalue weighted by molar-refractivity contribution is 0.184. The molecule has 3 aromatic rings. The Morgan fingerprint density at radius 2 is 1.93 bits per heavy atom. The number of rotatable bonds is 7. The summed E-state index contributed by atoms with van der Waals surface area (Å²) in [5.74, 6) is 1.56. The van der Waals surface area contributed by atoms with Crippen LogP contribution in [-0.2, 0) is 6.42 Å². The first-order chi connectivity index (χ1) is 13.2. The normalized spacial score (nSPS) is 12.8. The molecule has 0 saturated heterocycles. The quantitative estimate of drug-likeness (QED) is 0.432. The average molecular weight is 384 g/mol. The molecule has 5 nitrogen and oxygen atoms in total. The van der Waals surface area contributed by atoms with Crippen LogP contribution in [0.15, 0.2) is 59.6 Å². The van der Waals surface area contributed by atoms with Crippen LogP contribution in [0, 0.1) is 0 Å². The Morgan fingerprint density at radius 3 is 2.70 bits per heavy atom. The van der Waals surface area contributed by atoms with Gasteiger partial charge in [-0.15, -0.1) is 11.3 Å². The van der Waals surface area contributed by atoms with Gasteiger partial charge in [0.2, 0.25) is 0 Å². The van der Waals surface area contributed by atoms with Gasteiger partial charge in [0.05, 0.1) is 7.11 Å². The van der Waals surface area contributed by atoms with Crippen LogP contribution in [0.2, 0.25) is 0 Å². The smallest absolute Gasteiger partial charge is 0.191 e. The van der Waals surface area contributed by atoms with Gasteiger partial charge in [-0.25, -0.2) is 0 Å². The van der Waals surface area contributed by atoms with Crippen molar-refractivity contribution >= 4 is 27.4 Å². The maximum atomic E-state index is 10.5. The number of para-hydroxylation sites is 1. The van der Waals surface area contributed by atoms with Crippen LogP contribution in [-0.4, -0.2) is 38.3 Å². The first-order valence-electron chi connectivity index (χ1n) is 8.94. The predicted octanol–water partition coefficient (Wildman–Crippen LogP) is 3.35. The number of fused-ring (bicyclic) bond motifs is 1. The number of methoxy groups -OCH3 is 1. The molecule has 27 heavy (non-hydrogen) atoms. The number of nitrogens with one attached hydrogen (secondary N) is 2. The molecule has 1 heterocycles. The number of hydrogen-bond donors (Lipinski definition) is 3. The number of thiophene rings is 1. The van der Waals surface area contributed by atoms with Crippen molar-refractivity contribution in [3.63, 3.8) is 0 Å². The van der Waals surface area contributed by atoms with E-state index >= 15 is 0 Å². The standard InChI is InChI=1S/C21H25N3O2S/c1-22-21(23-12-11-15-7-3-5-9-18(15)26-2)24-14-17(25)20-13-16-8-4-6-10-19(16)27-20/h3-10,13,17,25H,11-12,14H2,1-2H3,(H2,22,23,24). The number of aliphatic hydroxyl groups excluding tert-OH is 1. The molecular weight excluding hydrogens is 358 g/mol. The van der Waals surface area contributed by atoms with E-state index in [2.05, 4.69) is 33.8 Å². The molecule has 0 aliphatic heterocycles. The zero-order valence-electron chi connectivity index (χ0n) is 15.6. The lowest BCUT2D eigenvalue weighted by Crippen LogP contribution is -2.40. The summed E-state index contributed by atoms with van der Waals surface area (Å²) < 4.78 is 6.56. The first kappa shape index (κ1) is 19.2. The van der Waals surface area contributed by atoms with Crippen LogP contribution in [0.5, 0.6) is 5.75 Å². The molecule has 2 aromatic carbocycles. The summed E-state index contributed by atoms with van der Waals surface area (Å²) in [6.07, 6.45) is 0.249. The number of benzene rings is 2. The molecule has 0 fully saturated rings. The van der Waals surface area contributed by atoms with Gasteiger partial charge in [-0.1, -0.05) is 36.4 Å². The Kier molecular flexibility index (Phi) is 6.68. The van der Waals surface area contributed by atoms with Crippen LogP contribution in [0.4, 0.5) is 0 Å². The van der Waals surface area contributed by atoms with Crippen molar-refractivity contribution in [1.29, 1.82) is 0 Å². The van der Waals surface area contributed by atoms with Crippen LogP contribution >= 0.6 is 11.3 Å². The molecule has 142 valence electrons. The molecule has 0 aliphatic rings. The van der Waals surface area contributed by atoms with Gasteiger partial charge in [0.15, 0.2) is 5.96 Å². The third kappa shape index (κ3) is 4.99. The third-order valence-electron chi connectivity index (χ3n) is 4.34. The minimum absolute atomic E-state index is 0.404. The van der Waals surface area contributed by atoms with E-state index in [-0.39, 0.29) is 0 Å². The van der Waals surface area contributed by atoms with Crippen molar-refractivity contribution < 1.29 is 9.84 Å². The van der Waals surface area contributed by atoms with Crippen LogP contribution in [0.1, 0.15) is 16.5 Å². The maximum absolute atomic E-state index is 10.5. The Labute approximate surface area is 163 Å². The second-order valence-corrected chi connectivity index (χ2v) is 7.26. The largest absolute Gasteiger partial charge is 0.496 e. The van der Waals surface area contributed by atoms with E-state index in [1.54, 1.807) is 25.5 Å².